The van der Waals surface area contributed by atoms with E-state index < -0.39 is 6.10 Å². The minimum atomic E-state index is -0.692. The molecule has 3 rings (SSSR count). The SMILES string of the molecule is CC(C)Nc1nc2ccccc2n2c(C(C)O)nnc12. The van der Waals surface area contributed by atoms with E-state index in [2.05, 4.69) is 20.5 Å². The molecule has 2 heterocycles. The van der Waals surface area contributed by atoms with E-state index in [1.807, 2.05) is 42.5 Å². The highest BCUT2D eigenvalue weighted by Gasteiger charge is 2.17. The minimum Gasteiger partial charge on any atom is -0.385 e. The van der Waals surface area contributed by atoms with E-state index in [-0.39, 0.29) is 6.04 Å². The van der Waals surface area contributed by atoms with E-state index in [9.17, 15) is 5.11 Å². The van der Waals surface area contributed by atoms with Crippen LogP contribution in [0.3, 0.4) is 0 Å². The number of nitrogens with one attached hydrogen (secondary N) is 1. The summed E-state index contributed by atoms with van der Waals surface area (Å²) >= 11 is 0. The van der Waals surface area contributed by atoms with Gasteiger partial charge in [0.05, 0.1) is 11.0 Å². The second kappa shape index (κ2) is 4.72. The van der Waals surface area contributed by atoms with Gasteiger partial charge in [-0.3, -0.25) is 4.40 Å². The third-order valence-electron chi connectivity index (χ3n) is 3.05. The number of aliphatic hydroxyl groups excluding tert-OH is 1. The minimum absolute atomic E-state index is 0.235. The molecule has 0 aliphatic heterocycles. The van der Waals surface area contributed by atoms with E-state index in [0.29, 0.717) is 17.3 Å². The summed E-state index contributed by atoms with van der Waals surface area (Å²) in [6.45, 7) is 5.76. The van der Waals surface area contributed by atoms with Gasteiger partial charge in [-0.2, -0.15) is 0 Å². The van der Waals surface area contributed by atoms with Gasteiger partial charge in [0.1, 0.15) is 6.10 Å². The Morgan fingerprint density at radius 2 is 1.90 bits per heavy atom. The van der Waals surface area contributed by atoms with E-state index in [0.717, 1.165) is 11.0 Å². The normalized spacial score (nSPS) is 13.2. The molecule has 1 aromatic carbocycles. The van der Waals surface area contributed by atoms with Crippen LogP contribution in [0.15, 0.2) is 24.3 Å². The van der Waals surface area contributed by atoms with Crippen molar-refractivity contribution in [1.82, 2.24) is 19.6 Å². The zero-order chi connectivity index (χ0) is 14.3. The zero-order valence-corrected chi connectivity index (χ0v) is 11.7. The lowest BCUT2D eigenvalue weighted by molar-refractivity contribution is 0.188. The van der Waals surface area contributed by atoms with Crippen LogP contribution in [-0.2, 0) is 0 Å². The Kier molecular flexibility index (Phi) is 3.02. The quantitative estimate of drug-likeness (QED) is 0.763. The molecule has 2 aromatic heterocycles. The molecule has 0 aliphatic rings. The van der Waals surface area contributed by atoms with Gasteiger partial charge < -0.3 is 10.4 Å². The number of anilines is 1. The van der Waals surface area contributed by atoms with Crippen LogP contribution in [0.4, 0.5) is 5.82 Å². The number of benzene rings is 1. The first-order chi connectivity index (χ1) is 9.58. The average molecular weight is 271 g/mol. The molecule has 20 heavy (non-hydrogen) atoms. The molecule has 1 atom stereocenters. The molecule has 0 fully saturated rings. The third kappa shape index (κ3) is 1.98. The number of aromatic nitrogens is 4. The van der Waals surface area contributed by atoms with E-state index in [1.165, 1.54) is 0 Å². The molecule has 0 aliphatic carbocycles. The molecular formula is C14H17N5O. The number of hydrogen-bond donors (Lipinski definition) is 2. The van der Waals surface area contributed by atoms with Crippen LogP contribution in [0.25, 0.3) is 16.7 Å². The van der Waals surface area contributed by atoms with Crippen LogP contribution in [0.2, 0.25) is 0 Å². The van der Waals surface area contributed by atoms with Crippen molar-refractivity contribution in [2.24, 2.45) is 0 Å². The fraction of sp³-hybridized carbons (Fsp3) is 0.357. The van der Waals surface area contributed by atoms with Crippen molar-refractivity contribution in [1.29, 1.82) is 0 Å². The van der Waals surface area contributed by atoms with E-state index in [4.69, 9.17) is 0 Å². The molecule has 0 spiro atoms. The maximum absolute atomic E-state index is 9.88. The lowest BCUT2D eigenvalue weighted by atomic mass is 10.2. The second-order valence-electron chi connectivity index (χ2n) is 5.14. The van der Waals surface area contributed by atoms with Crippen LogP contribution in [0.5, 0.6) is 0 Å². The molecule has 0 bridgehead atoms. The van der Waals surface area contributed by atoms with Gasteiger partial charge in [0.2, 0.25) is 5.65 Å². The van der Waals surface area contributed by atoms with Gasteiger partial charge in [0.15, 0.2) is 11.6 Å². The van der Waals surface area contributed by atoms with Crippen LogP contribution < -0.4 is 5.32 Å². The Labute approximate surface area is 116 Å². The molecule has 0 saturated heterocycles. The highest BCUT2D eigenvalue weighted by atomic mass is 16.3. The maximum atomic E-state index is 9.88. The molecule has 2 N–H and O–H groups in total. The molecule has 6 nitrogen and oxygen atoms in total. The number of aliphatic hydroxyl groups is 1. The van der Waals surface area contributed by atoms with E-state index in [1.54, 1.807) is 6.92 Å². The Bertz CT molecular complexity index is 763. The Morgan fingerprint density at radius 1 is 1.15 bits per heavy atom. The molecule has 3 aromatic rings. The summed E-state index contributed by atoms with van der Waals surface area (Å²) in [5.41, 5.74) is 2.36. The molecule has 0 saturated carbocycles. The first-order valence-electron chi connectivity index (χ1n) is 6.66. The van der Waals surface area contributed by atoms with E-state index >= 15 is 0 Å². The standard InChI is InChI=1S/C14H17N5O/c1-8(2)15-12-14-18-17-13(9(3)20)19(14)11-7-5-4-6-10(11)16-12/h4-9,20H,1-3H3,(H,15,16). The summed E-state index contributed by atoms with van der Waals surface area (Å²) in [6.07, 6.45) is -0.692. The monoisotopic (exact) mass is 271 g/mol. The largest absolute Gasteiger partial charge is 0.385 e. The Morgan fingerprint density at radius 3 is 2.60 bits per heavy atom. The van der Waals surface area contributed by atoms with Crippen LogP contribution >= 0.6 is 0 Å². The fourth-order valence-electron chi connectivity index (χ4n) is 2.25. The highest BCUT2D eigenvalue weighted by molar-refractivity contribution is 5.83. The van der Waals surface area contributed by atoms with Gasteiger partial charge in [-0.15, -0.1) is 10.2 Å². The predicted octanol–water partition coefficient (Wildman–Crippen LogP) is 2.15. The maximum Gasteiger partial charge on any atom is 0.204 e. The first kappa shape index (κ1) is 12.8. The van der Waals surface area contributed by atoms with Crippen molar-refractivity contribution >= 4 is 22.5 Å². The average Bonchev–Trinajstić information content (AvgIpc) is 2.83. The molecule has 1 unspecified atom stereocenters. The molecule has 104 valence electrons. The number of para-hydroxylation sites is 2. The van der Waals surface area contributed by atoms with Gasteiger partial charge in [-0.25, -0.2) is 4.98 Å². The van der Waals surface area contributed by atoms with Gasteiger partial charge in [0, 0.05) is 6.04 Å². The molecular weight excluding hydrogens is 254 g/mol. The van der Waals surface area contributed by atoms with Crippen molar-refractivity contribution < 1.29 is 5.11 Å². The van der Waals surface area contributed by atoms with Crippen molar-refractivity contribution in [2.45, 2.75) is 32.9 Å². The summed E-state index contributed by atoms with van der Waals surface area (Å²) < 4.78 is 1.86. The summed E-state index contributed by atoms with van der Waals surface area (Å²) in [6, 6.07) is 7.99. The van der Waals surface area contributed by atoms with Crippen LogP contribution in [0.1, 0.15) is 32.7 Å². The summed E-state index contributed by atoms with van der Waals surface area (Å²) in [5, 5.41) is 21.4. The lowest BCUT2D eigenvalue weighted by Gasteiger charge is -2.12. The topological polar surface area (TPSA) is 75.3 Å². The summed E-state index contributed by atoms with van der Waals surface area (Å²) in [7, 11) is 0. The summed E-state index contributed by atoms with van der Waals surface area (Å²) in [4.78, 5) is 4.60. The van der Waals surface area contributed by atoms with Gasteiger partial charge >= 0.3 is 0 Å². The van der Waals surface area contributed by atoms with Gasteiger partial charge in [0.25, 0.3) is 0 Å². The number of hydrogen-bond acceptors (Lipinski definition) is 5. The fourth-order valence-corrected chi connectivity index (χ4v) is 2.25. The van der Waals surface area contributed by atoms with Gasteiger partial charge in [-0.05, 0) is 32.9 Å². The van der Waals surface area contributed by atoms with Crippen molar-refractivity contribution in [3.05, 3.63) is 30.1 Å². The smallest absolute Gasteiger partial charge is 0.204 e. The zero-order valence-electron chi connectivity index (χ0n) is 11.7. The molecule has 6 heteroatoms. The molecule has 0 amide bonds. The van der Waals surface area contributed by atoms with Crippen LogP contribution in [-0.4, -0.2) is 30.7 Å². The Balaban J connectivity index is 2.40. The second-order valence-corrected chi connectivity index (χ2v) is 5.14. The van der Waals surface area contributed by atoms with Gasteiger partial charge in [-0.1, -0.05) is 12.1 Å². The number of rotatable bonds is 3. The van der Waals surface area contributed by atoms with Crippen molar-refractivity contribution in [3.63, 3.8) is 0 Å². The highest BCUT2D eigenvalue weighted by Crippen LogP contribution is 2.24. The van der Waals surface area contributed by atoms with Crippen molar-refractivity contribution in [2.75, 3.05) is 5.32 Å². The van der Waals surface area contributed by atoms with Crippen LogP contribution in [0, 0.1) is 0 Å². The third-order valence-corrected chi connectivity index (χ3v) is 3.05. The Hall–Kier alpha value is -2.21. The molecule has 0 radical (unpaired) electrons. The first-order valence-corrected chi connectivity index (χ1v) is 6.66. The lowest BCUT2D eigenvalue weighted by Crippen LogP contribution is -2.13. The summed E-state index contributed by atoms with van der Waals surface area (Å²) in [5.74, 6) is 1.20. The number of nitrogens with zero attached hydrogens (tertiary/aromatic N) is 4. The van der Waals surface area contributed by atoms with Crippen molar-refractivity contribution in [3.8, 4) is 0 Å². The predicted molar refractivity (Wildman–Crippen MR) is 77.7 cm³/mol. The number of fused-ring (bicyclic) bond motifs is 3.